The zero-order chi connectivity index (χ0) is 13.4. The van der Waals surface area contributed by atoms with Crippen molar-refractivity contribution < 1.29 is 18.3 Å². The highest BCUT2D eigenvalue weighted by Crippen LogP contribution is 2.38. The third kappa shape index (κ3) is 3.12. The van der Waals surface area contributed by atoms with Crippen LogP contribution in [0.2, 0.25) is 0 Å². The second kappa shape index (κ2) is 4.22. The molecule has 96 valence electrons. The Morgan fingerprint density at radius 3 is 1.94 bits per heavy atom. The fourth-order valence-electron chi connectivity index (χ4n) is 1.56. The molecule has 0 aromatic heterocycles. The molecule has 0 radical (unpaired) electrons. The van der Waals surface area contributed by atoms with E-state index in [9.17, 15) is 18.3 Å². The molecule has 0 bridgehead atoms. The van der Waals surface area contributed by atoms with Gasteiger partial charge in [0.2, 0.25) is 0 Å². The highest BCUT2D eigenvalue weighted by molar-refractivity contribution is 5.52. The van der Waals surface area contributed by atoms with E-state index >= 15 is 0 Å². The summed E-state index contributed by atoms with van der Waals surface area (Å²) in [6, 6.07) is 3.75. The highest BCUT2D eigenvalue weighted by Gasteiger charge is 2.37. The lowest BCUT2D eigenvalue weighted by molar-refractivity contribution is -0.140. The highest BCUT2D eigenvalue weighted by atomic mass is 19.4. The second-order valence-electron chi connectivity index (χ2n) is 4.68. The molecule has 5 heteroatoms. The molecule has 1 aromatic carbocycles. The van der Waals surface area contributed by atoms with Gasteiger partial charge in [0.05, 0.1) is 11.2 Å². The van der Waals surface area contributed by atoms with Crippen LogP contribution in [0, 0.1) is 0 Å². The van der Waals surface area contributed by atoms with Crippen molar-refractivity contribution in [2.75, 3.05) is 19.0 Å². The largest absolute Gasteiger partial charge is 0.416 e. The van der Waals surface area contributed by atoms with Gasteiger partial charge in [0.1, 0.15) is 0 Å². The molecule has 2 nitrogen and oxygen atoms in total. The minimum absolute atomic E-state index is 0.115. The first-order valence-corrected chi connectivity index (χ1v) is 5.15. The van der Waals surface area contributed by atoms with E-state index in [0.717, 1.165) is 6.07 Å². The Morgan fingerprint density at radius 2 is 1.59 bits per heavy atom. The van der Waals surface area contributed by atoms with Crippen LogP contribution in [-0.4, -0.2) is 19.2 Å². The molecule has 0 atom stereocenters. The van der Waals surface area contributed by atoms with E-state index in [-0.39, 0.29) is 5.56 Å². The van der Waals surface area contributed by atoms with Gasteiger partial charge in [-0.1, -0.05) is 0 Å². The van der Waals surface area contributed by atoms with Crippen LogP contribution in [0.5, 0.6) is 0 Å². The molecule has 0 amide bonds. The van der Waals surface area contributed by atoms with E-state index in [4.69, 9.17) is 0 Å². The summed E-state index contributed by atoms with van der Waals surface area (Å²) in [6.45, 7) is 2.69. The molecule has 0 unspecified atom stereocenters. The standard InChI is InChI=1S/C12H16F3NO/c1-11(2,17)10-7-8(16(3)4)5-6-9(10)12(13,14)15/h5-7,17H,1-4H3. The van der Waals surface area contributed by atoms with Crippen LogP contribution in [-0.2, 0) is 11.8 Å². The van der Waals surface area contributed by atoms with Crippen LogP contribution in [0.4, 0.5) is 18.9 Å². The van der Waals surface area contributed by atoms with Crippen molar-refractivity contribution >= 4 is 5.69 Å². The summed E-state index contributed by atoms with van der Waals surface area (Å²) in [6.07, 6.45) is -4.46. The normalized spacial score (nSPS) is 12.7. The molecule has 0 saturated heterocycles. The maximum atomic E-state index is 12.8. The lowest BCUT2D eigenvalue weighted by Crippen LogP contribution is -2.23. The van der Waals surface area contributed by atoms with Crippen LogP contribution in [0.15, 0.2) is 18.2 Å². The number of halogens is 3. The molecule has 0 heterocycles. The quantitative estimate of drug-likeness (QED) is 0.868. The van der Waals surface area contributed by atoms with Gasteiger partial charge in [-0.05, 0) is 37.6 Å². The van der Waals surface area contributed by atoms with E-state index in [1.807, 2.05) is 0 Å². The molecule has 1 N–H and O–H groups in total. The number of aliphatic hydroxyl groups is 1. The molecule has 1 rings (SSSR count). The predicted octanol–water partition coefficient (Wildman–Crippen LogP) is 3.00. The van der Waals surface area contributed by atoms with Crippen LogP contribution < -0.4 is 4.90 Å². The average molecular weight is 247 g/mol. The van der Waals surface area contributed by atoms with Crippen LogP contribution in [0.1, 0.15) is 25.0 Å². The van der Waals surface area contributed by atoms with Crippen molar-refractivity contribution in [3.8, 4) is 0 Å². The number of rotatable bonds is 2. The monoisotopic (exact) mass is 247 g/mol. The van der Waals surface area contributed by atoms with Gasteiger partial charge in [0.25, 0.3) is 0 Å². The van der Waals surface area contributed by atoms with Gasteiger partial charge < -0.3 is 10.0 Å². The summed E-state index contributed by atoms with van der Waals surface area (Å²) < 4.78 is 38.4. The van der Waals surface area contributed by atoms with E-state index in [1.165, 1.54) is 26.0 Å². The van der Waals surface area contributed by atoms with Gasteiger partial charge in [0, 0.05) is 19.8 Å². The number of hydrogen-bond acceptors (Lipinski definition) is 2. The number of alkyl halides is 3. The third-order valence-corrected chi connectivity index (χ3v) is 2.48. The molecule has 0 fully saturated rings. The zero-order valence-electron chi connectivity index (χ0n) is 10.3. The third-order valence-electron chi connectivity index (χ3n) is 2.48. The first-order chi connectivity index (χ1) is 7.53. The first kappa shape index (κ1) is 13.8. The maximum absolute atomic E-state index is 12.8. The summed E-state index contributed by atoms with van der Waals surface area (Å²) in [5, 5.41) is 9.82. The van der Waals surface area contributed by atoms with Crippen molar-refractivity contribution in [3.63, 3.8) is 0 Å². The summed E-state index contributed by atoms with van der Waals surface area (Å²) >= 11 is 0. The lowest BCUT2D eigenvalue weighted by atomic mass is 9.92. The van der Waals surface area contributed by atoms with Crippen LogP contribution in [0.3, 0.4) is 0 Å². The topological polar surface area (TPSA) is 23.5 Å². The van der Waals surface area contributed by atoms with Gasteiger partial charge in [-0.15, -0.1) is 0 Å². The molecule has 0 saturated carbocycles. The molecule has 1 aromatic rings. The fraction of sp³-hybridized carbons (Fsp3) is 0.500. The van der Waals surface area contributed by atoms with Crippen LogP contribution in [0.25, 0.3) is 0 Å². The van der Waals surface area contributed by atoms with Gasteiger partial charge >= 0.3 is 6.18 Å². The lowest BCUT2D eigenvalue weighted by Gasteiger charge is -2.25. The summed E-state index contributed by atoms with van der Waals surface area (Å²) in [7, 11) is 3.47. The minimum Gasteiger partial charge on any atom is -0.386 e. The molecule has 0 aliphatic rings. The Labute approximate surface area is 98.7 Å². The number of nitrogens with zero attached hydrogens (tertiary/aromatic N) is 1. The van der Waals surface area contributed by atoms with E-state index in [2.05, 4.69) is 0 Å². The maximum Gasteiger partial charge on any atom is 0.416 e. The Kier molecular flexibility index (Phi) is 3.43. The first-order valence-electron chi connectivity index (χ1n) is 5.15. The minimum atomic E-state index is -4.46. The summed E-state index contributed by atoms with van der Waals surface area (Å²) in [5.74, 6) is 0. The molecular formula is C12H16F3NO. The van der Waals surface area contributed by atoms with Crippen molar-refractivity contribution in [2.24, 2.45) is 0 Å². The van der Waals surface area contributed by atoms with Crippen molar-refractivity contribution in [3.05, 3.63) is 29.3 Å². The smallest absolute Gasteiger partial charge is 0.386 e. The number of hydrogen-bond donors (Lipinski definition) is 1. The van der Waals surface area contributed by atoms with Gasteiger partial charge in [-0.25, -0.2) is 0 Å². The predicted molar refractivity (Wildman–Crippen MR) is 61.0 cm³/mol. The molecular weight excluding hydrogens is 231 g/mol. The summed E-state index contributed by atoms with van der Waals surface area (Å²) in [5.41, 5.74) is -1.82. The molecule has 0 aliphatic heterocycles. The van der Waals surface area contributed by atoms with E-state index < -0.39 is 17.3 Å². The van der Waals surface area contributed by atoms with Gasteiger partial charge in [0.15, 0.2) is 0 Å². The Bertz CT molecular complexity index is 405. The molecule has 17 heavy (non-hydrogen) atoms. The fourth-order valence-corrected chi connectivity index (χ4v) is 1.56. The van der Waals surface area contributed by atoms with E-state index in [1.54, 1.807) is 19.0 Å². The summed E-state index contributed by atoms with van der Waals surface area (Å²) in [4.78, 5) is 1.69. The Balaban J connectivity index is 3.43. The van der Waals surface area contributed by atoms with E-state index in [0.29, 0.717) is 5.69 Å². The second-order valence-corrected chi connectivity index (χ2v) is 4.68. The SMILES string of the molecule is CN(C)c1ccc(C(F)(F)F)c(C(C)(C)O)c1. The van der Waals surface area contributed by atoms with Crippen molar-refractivity contribution in [2.45, 2.75) is 25.6 Å². The van der Waals surface area contributed by atoms with Gasteiger partial charge in [-0.2, -0.15) is 13.2 Å². The number of anilines is 1. The molecule has 0 aliphatic carbocycles. The molecule has 0 spiro atoms. The van der Waals surface area contributed by atoms with Crippen molar-refractivity contribution in [1.82, 2.24) is 0 Å². The Hall–Kier alpha value is -1.23. The van der Waals surface area contributed by atoms with Crippen LogP contribution >= 0.6 is 0 Å². The zero-order valence-corrected chi connectivity index (χ0v) is 10.3. The number of benzene rings is 1. The van der Waals surface area contributed by atoms with Crippen molar-refractivity contribution in [1.29, 1.82) is 0 Å². The average Bonchev–Trinajstić information content (AvgIpc) is 2.14. The Morgan fingerprint density at radius 1 is 1.06 bits per heavy atom. The van der Waals surface area contributed by atoms with Gasteiger partial charge in [-0.3, -0.25) is 0 Å².